The summed E-state index contributed by atoms with van der Waals surface area (Å²) in [6.07, 6.45) is 0.440. The van der Waals surface area contributed by atoms with Crippen molar-refractivity contribution in [2.45, 2.75) is 51.2 Å². The first-order valence-corrected chi connectivity index (χ1v) is 12.2. The standard InChI is InChI=1S/C29H29N3O5/c1-18-31-32-27(35-18)19-4-10-23(11-5-19)36-24-12-6-20(7-13-24)29(2,3)21-8-14-25(15-9-21)37-26-16-22(17-26)30-28(33)34/h4-15,22,26,30H,16-17H2,1-3H3,(H,33,34)/t22-,26-. The molecule has 1 fully saturated rings. The van der Waals surface area contributed by atoms with E-state index >= 15 is 0 Å². The number of rotatable bonds is 8. The van der Waals surface area contributed by atoms with Crippen molar-refractivity contribution in [2.75, 3.05) is 0 Å². The molecule has 1 saturated carbocycles. The number of nitrogens with one attached hydrogen (secondary N) is 1. The number of amides is 1. The predicted octanol–water partition coefficient (Wildman–Crippen LogP) is 6.34. The molecule has 0 unspecified atom stereocenters. The van der Waals surface area contributed by atoms with Crippen LogP contribution in [0, 0.1) is 6.92 Å². The molecule has 1 aliphatic carbocycles. The Morgan fingerprint density at radius 2 is 1.43 bits per heavy atom. The molecule has 0 atom stereocenters. The zero-order valence-electron chi connectivity index (χ0n) is 21.0. The first-order chi connectivity index (χ1) is 17.8. The van der Waals surface area contributed by atoms with Gasteiger partial charge < -0.3 is 24.3 Å². The number of hydrogen-bond donors (Lipinski definition) is 2. The SMILES string of the molecule is Cc1nnc(-c2ccc(Oc3ccc(C(C)(C)c4ccc(O[C@H]5C[C@H](NC(=O)O)C5)cc4)cc3)cc2)o1. The summed E-state index contributed by atoms with van der Waals surface area (Å²) in [6.45, 7) is 6.13. The Bertz CT molecular complexity index is 1360. The molecule has 1 heterocycles. The highest BCUT2D eigenvalue weighted by Gasteiger charge is 2.32. The van der Waals surface area contributed by atoms with E-state index in [1.165, 1.54) is 5.56 Å². The fourth-order valence-electron chi connectivity index (χ4n) is 4.42. The van der Waals surface area contributed by atoms with E-state index in [1.54, 1.807) is 6.92 Å². The Labute approximate surface area is 215 Å². The van der Waals surface area contributed by atoms with Crippen molar-refractivity contribution >= 4 is 6.09 Å². The minimum absolute atomic E-state index is 0.0204. The number of nitrogens with zero attached hydrogens (tertiary/aromatic N) is 2. The molecule has 8 heteroatoms. The minimum atomic E-state index is -0.986. The van der Waals surface area contributed by atoms with E-state index < -0.39 is 6.09 Å². The van der Waals surface area contributed by atoms with Crippen LogP contribution in [0.1, 0.15) is 43.7 Å². The van der Waals surface area contributed by atoms with E-state index in [9.17, 15) is 4.79 Å². The average Bonchev–Trinajstić information content (AvgIpc) is 3.30. The number of aromatic nitrogens is 2. The van der Waals surface area contributed by atoms with Crippen molar-refractivity contribution < 1.29 is 23.8 Å². The summed E-state index contributed by atoms with van der Waals surface area (Å²) >= 11 is 0. The van der Waals surface area contributed by atoms with Crippen molar-refractivity contribution in [2.24, 2.45) is 0 Å². The first-order valence-electron chi connectivity index (χ1n) is 12.2. The summed E-state index contributed by atoms with van der Waals surface area (Å²) in [5.74, 6) is 3.28. The molecule has 1 aromatic heterocycles. The number of hydrogen-bond acceptors (Lipinski definition) is 6. The van der Waals surface area contributed by atoms with Crippen molar-refractivity contribution in [3.05, 3.63) is 89.8 Å². The lowest BCUT2D eigenvalue weighted by Gasteiger charge is -2.35. The van der Waals surface area contributed by atoms with Crippen LogP contribution in [0.15, 0.2) is 77.2 Å². The molecule has 2 N–H and O–H groups in total. The van der Waals surface area contributed by atoms with Gasteiger partial charge in [-0.3, -0.25) is 0 Å². The van der Waals surface area contributed by atoms with Gasteiger partial charge in [0.2, 0.25) is 11.8 Å². The maximum Gasteiger partial charge on any atom is 0.404 e. The maximum absolute atomic E-state index is 10.7. The highest BCUT2D eigenvalue weighted by Crippen LogP contribution is 2.35. The molecule has 3 aromatic carbocycles. The molecule has 37 heavy (non-hydrogen) atoms. The number of benzene rings is 3. The molecule has 5 rings (SSSR count). The van der Waals surface area contributed by atoms with Crippen molar-refractivity contribution in [3.63, 3.8) is 0 Å². The van der Waals surface area contributed by atoms with Crippen molar-refractivity contribution in [1.29, 1.82) is 0 Å². The lowest BCUT2D eigenvalue weighted by atomic mass is 9.78. The second kappa shape index (κ2) is 9.97. The molecular weight excluding hydrogens is 470 g/mol. The van der Waals surface area contributed by atoms with Crippen molar-refractivity contribution in [1.82, 2.24) is 15.5 Å². The van der Waals surface area contributed by atoms with Crippen LogP contribution in [0.2, 0.25) is 0 Å². The molecular formula is C29H29N3O5. The van der Waals surface area contributed by atoms with Crippen LogP contribution in [0.5, 0.6) is 17.2 Å². The van der Waals surface area contributed by atoms with Gasteiger partial charge in [0, 0.05) is 36.8 Å². The van der Waals surface area contributed by atoms with Gasteiger partial charge in [0.05, 0.1) is 0 Å². The van der Waals surface area contributed by atoms with E-state index in [1.807, 2.05) is 48.5 Å². The van der Waals surface area contributed by atoms with E-state index in [0.717, 1.165) is 28.4 Å². The van der Waals surface area contributed by atoms with Gasteiger partial charge in [0.15, 0.2) is 0 Å². The maximum atomic E-state index is 10.7. The third-order valence-corrected chi connectivity index (χ3v) is 6.74. The quantitative estimate of drug-likeness (QED) is 0.291. The Morgan fingerprint density at radius 3 is 1.95 bits per heavy atom. The van der Waals surface area contributed by atoms with Gasteiger partial charge in [0.1, 0.15) is 23.4 Å². The van der Waals surface area contributed by atoms with Crippen LogP contribution in [-0.4, -0.2) is 33.5 Å². The molecule has 0 bridgehead atoms. The zero-order valence-corrected chi connectivity index (χ0v) is 21.0. The van der Waals surface area contributed by atoms with Gasteiger partial charge in [-0.1, -0.05) is 38.1 Å². The van der Waals surface area contributed by atoms with Gasteiger partial charge >= 0.3 is 6.09 Å². The summed E-state index contributed by atoms with van der Waals surface area (Å²) in [6, 6.07) is 23.8. The molecule has 190 valence electrons. The van der Waals surface area contributed by atoms with Crippen LogP contribution >= 0.6 is 0 Å². The topological polar surface area (TPSA) is 107 Å². The molecule has 0 aliphatic heterocycles. The second-order valence-electron chi connectivity index (χ2n) is 9.78. The van der Waals surface area contributed by atoms with E-state index in [2.05, 4.69) is 53.6 Å². The zero-order chi connectivity index (χ0) is 26.0. The van der Waals surface area contributed by atoms with E-state index in [0.29, 0.717) is 24.6 Å². The van der Waals surface area contributed by atoms with Gasteiger partial charge in [-0.25, -0.2) is 4.79 Å². The predicted molar refractivity (Wildman–Crippen MR) is 138 cm³/mol. The van der Waals surface area contributed by atoms with Crippen LogP contribution in [-0.2, 0) is 5.41 Å². The number of ether oxygens (including phenoxy) is 2. The van der Waals surface area contributed by atoms with Crippen LogP contribution in [0.3, 0.4) is 0 Å². The monoisotopic (exact) mass is 499 g/mol. The molecule has 1 aliphatic rings. The summed E-state index contributed by atoms with van der Waals surface area (Å²) in [5, 5.41) is 19.2. The number of carboxylic acid groups (broad SMARTS) is 1. The van der Waals surface area contributed by atoms with Crippen molar-refractivity contribution in [3.8, 4) is 28.7 Å². The van der Waals surface area contributed by atoms with Gasteiger partial charge in [-0.15, -0.1) is 10.2 Å². The Kier molecular flexibility index (Phi) is 6.56. The molecule has 1 amide bonds. The Balaban J connectivity index is 1.19. The third-order valence-electron chi connectivity index (χ3n) is 6.74. The molecule has 8 nitrogen and oxygen atoms in total. The fraction of sp³-hybridized carbons (Fsp3) is 0.276. The minimum Gasteiger partial charge on any atom is -0.490 e. The lowest BCUT2D eigenvalue weighted by Crippen LogP contribution is -2.48. The normalized spacial score (nSPS) is 17.1. The van der Waals surface area contributed by atoms with E-state index in [4.69, 9.17) is 19.0 Å². The summed E-state index contributed by atoms with van der Waals surface area (Å²) < 4.78 is 17.5. The fourth-order valence-corrected chi connectivity index (χ4v) is 4.42. The Hall–Kier alpha value is -4.33. The third kappa shape index (κ3) is 5.58. The summed E-state index contributed by atoms with van der Waals surface area (Å²) in [5.41, 5.74) is 2.96. The second-order valence-corrected chi connectivity index (χ2v) is 9.78. The summed E-state index contributed by atoms with van der Waals surface area (Å²) in [7, 11) is 0. The molecule has 0 radical (unpaired) electrons. The van der Waals surface area contributed by atoms with Gasteiger partial charge in [-0.2, -0.15) is 0 Å². The molecule has 0 spiro atoms. The van der Waals surface area contributed by atoms with Crippen LogP contribution in [0.4, 0.5) is 4.79 Å². The van der Waals surface area contributed by atoms with Gasteiger partial charge in [0.25, 0.3) is 0 Å². The average molecular weight is 500 g/mol. The number of aryl methyl sites for hydroxylation is 1. The largest absolute Gasteiger partial charge is 0.490 e. The highest BCUT2D eigenvalue weighted by atomic mass is 16.5. The highest BCUT2D eigenvalue weighted by molar-refractivity contribution is 5.65. The van der Waals surface area contributed by atoms with Crippen LogP contribution < -0.4 is 14.8 Å². The lowest BCUT2D eigenvalue weighted by molar-refractivity contribution is 0.0833. The van der Waals surface area contributed by atoms with Crippen LogP contribution in [0.25, 0.3) is 11.5 Å². The molecule has 0 saturated heterocycles. The Morgan fingerprint density at radius 1 is 0.892 bits per heavy atom. The van der Waals surface area contributed by atoms with E-state index in [-0.39, 0.29) is 17.6 Å². The number of carbonyl (C=O) groups is 1. The summed E-state index contributed by atoms with van der Waals surface area (Å²) in [4.78, 5) is 10.7. The smallest absolute Gasteiger partial charge is 0.404 e. The first kappa shape index (κ1) is 24.4. The van der Waals surface area contributed by atoms with Gasteiger partial charge in [-0.05, 0) is 59.7 Å². The molecule has 4 aromatic rings.